The van der Waals surface area contributed by atoms with Crippen LogP contribution in [0.3, 0.4) is 0 Å². The molecule has 0 saturated carbocycles. The van der Waals surface area contributed by atoms with Crippen molar-refractivity contribution in [3.05, 3.63) is 101 Å². The number of benzene rings is 3. The molecule has 2 saturated heterocycles. The van der Waals surface area contributed by atoms with Crippen molar-refractivity contribution in [3.63, 3.8) is 0 Å². The maximum Gasteiger partial charge on any atom is 0.453 e. The molecule has 0 spiro atoms. The minimum Gasteiger partial charge on any atom is -0.496 e. The largest absolute Gasteiger partial charge is 0.496 e. The molecule has 1 aromatic heterocycles. The van der Waals surface area contributed by atoms with Crippen molar-refractivity contribution in [2.45, 2.75) is 50.1 Å². The van der Waals surface area contributed by atoms with E-state index in [9.17, 15) is 18.0 Å². The van der Waals surface area contributed by atoms with Crippen LogP contribution in [0.15, 0.2) is 78.9 Å². The van der Waals surface area contributed by atoms with Gasteiger partial charge in [-0.05, 0) is 46.2 Å². The number of carbonyl (C=O) groups is 1. The van der Waals surface area contributed by atoms with Gasteiger partial charge < -0.3 is 10.1 Å². The third kappa shape index (κ3) is 6.18. The molecule has 9 nitrogen and oxygen atoms in total. The van der Waals surface area contributed by atoms with Gasteiger partial charge in [0.05, 0.1) is 12.8 Å². The van der Waals surface area contributed by atoms with Crippen LogP contribution < -0.4 is 10.1 Å². The number of carbonyl (C=O) groups excluding carboxylic acids is 1. The summed E-state index contributed by atoms with van der Waals surface area (Å²) in [5.41, 5.74) is 3.33. The van der Waals surface area contributed by atoms with Crippen LogP contribution in [0, 0.1) is 0 Å². The summed E-state index contributed by atoms with van der Waals surface area (Å²) in [5, 5.41) is 13.2. The molecule has 3 atom stereocenters. The zero-order valence-electron chi connectivity index (χ0n) is 24.5. The Balaban J connectivity index is 1.36. The van der Waals surface area contributed by atoms with Crippen LogP contribution in [0.25, 0.3) is 5.69 Å². The molecule has 0 bridgehead atoms. The zero-order valence-corrected chi connectivity index (χ0v) is 24.5. The highest BCUT2D eigenvalue weighted by molar-refractivity contribution is 5.73. The third-order valence-corrected chi connectivity index (χ3v) is 8.53. The minimum atomic E-state index is -4.70. The van der Waals surface area contributed by atoms with Crippen LogP contribution >= 0.6 is 0 Å². The Bertz CT molecular complexity index is 1540. The number of methoxy groups -OCH3 is 1. The number of amides is 1. The first kappa shape index (κ1) is 29.8. The first-order chi connectivity index (χ1) is 21.2. The lowest BCUT2D eigenvalue weighted by atomic mass is 9.82. The Labute approximate surface area is 253 Å². The Kier molecular flexibility index (Phi) is 8.37. The molecular weight excluding hydrogens is 571 g/mol. The third-order valence-electron chi connectivity index (χ3n) is 8.53. The fourth-order valence-corrected chi connectivity index (χ4v) is 6.84. The van der Waals surface area contributed by atoms with Crippen LogP contribution in [-0.2, 0) is 17.5 Å². The molecule has 2 fully saturated rings. The fourth-order valence-electron chi connectivity index (χ4n) is 6.84. The molecule has 6 rings (SSSR count). The predicted octanol–water partition coefficient (Wildman–Crippen LogP) is 4.29. The summed E-state index contributed by atoms with van der Waals surface area (Å²) < 4.78 is 47.1. The number of nitrogens with zero attached hydrogens (tertiary/aromatic N) is 6. The highest BCUT2D eigenvalue weighted by atomic mass is 19.4. The number of halogens is 3. The van der Waals surface area contributed by atoms with Crippen molar-refractivity contribution in [1.29, 1.82) is 0 Å². The second-order valence-corrected chi connectivity index (χ2v) is 11.5. The van der Waals surface area contributed by atoms with E-state index < -0.39 is 12.0 Å². The smallest absolute Gasteiger partial charge is 0.453 e. The molecule has 4 aromatic rings. The van der Waals surface area contributed by atoms with Gasteiger partial charge in [-0.1, -0.05) is 60.7 Å². The number of alkyl halides is 3. The molecule has 3 aromatic carbocycles. The van der Waals surface area contributed by atoms with Crippen molar-refractivity contribution in [2.24, 2.45) is 0 Å². The van der Waals surface area contributed by atoms with E-state index in [1.165, 1.54) is 17.2 Å². The molecule has 3 heterocycles. The van der Waals surface area contributed by atoms with E-state index in [1.54, 1.807) is 26.2 Å². The van der Waals surface area contributed by atoms with Crippen molar-refractivity contribution >= 4 is 5.91 Å². The van der Waals surface area contributed by atoms with E-state index >= 15 is 0 Å². The molecule has 2 aliphatic rings. The van der Waals surface area contributed by atoms with Crippen molar-refractivity contribution < 1.29 is 22.7 Å². The van der Waals surface area contributed by atoms with E-state index in [-0.39, 0.29) is 35.6 Å². The summed E-state index contributed by atoms with van der Waals surface area (Å²) in [4.78, 5) is 16.9. The van der Waals surface area contributed by atoms with Crippen molar-refractivity contribution in [2.75, 3.05) is 26.7 Å². The van der Waals surface area contributed by atoms with Gasteiger partial charge in [-0.15, -0.1) is 5.10 Å². The standard InChI is InChI=1S/C32H34F3N7O2/c1-21(43)36-25-16-27-19-40(17-24-15-26(13-14-29(24)44-2)42-31(32(33,34)35)37-38-39-42)20-28(41(27)18-25)30(22-9-5-3-6-10-22)23-11-7-4-8-12-23/h3-15,25,27-28,30H,16-20H2,1-2H3,(H,36,43)/t25-,27-,28-/m0/s1. The molecule has 0 radical (unpaired) electrons. The lowest BCUT2D eigenvalue weighted by molar-refractivity contribution is -0.146. The summed E-state index contributed by atoms with van der Waals surface area (Å²) in [5.74, 6) is -0.610. The summed E-state index contributed by atoms with van der Waals surface area (Å²) in [7, 11) is 1.55. The van der Waals surface area contributed by atoms with E-state index in [1.807, 2.05) is 12.1 Å². The first-order valence-corrected chi connectivity index (χ1v) is 14.6. The summed E-state index contributed by atoms with van der Waals surface area (Å²) >= 11 is 0. The van der Waals surface area contributed by atoms with E-state index in [4.69, 9.17) is 4.74 Å². The van der Waals surface area contributed by atoms with Gasteiger partial charge in [-0.25, -0.2) is 0 Å². The maximum absolute atomic E-state index is 13.6. The number of piperazine rings is 1. The molecule has 44 heavy (non-hydrogen) atoms. The van der Waals surface area contributed by atoms with Gasteiger partial charge in [-0.2, -0.15) is 17.9 Å². The number of tetrazole rings is 1. The molecule has 2 aliphatic heterocycles. The lowest BCUT2D eigenvalue weighted by Gasteiger charge is -2.47. The highest BCUT2D eigenvalue weighted by Crippen LogP contribution is 2.39. The van der Waals surface area contributed by atoms with Gasteiger partial charge in [0.25, 0.3) is 5.82 Å². The van der Waals surface area contributed by atoms with Gasteiger partial charge in [0.1, 0.15) is 5.75 Å². The normalized spacial score (nSPS) is 20.9. The lowest BCUT2D eigenvalue weighted by Crippen LogP contribution is -2.58. The Morgan fingerprint density at radius 1 is 1.00 bits per heavy atom. The highest BCUT2D eigenvalue weighted by Gasteiger charge is 2.45. The summed E-state index contributed by atoms with van der Waals surface area (Å²) in [6.07, 6.45) is -3.90. The molecule has 1 amide bonds. The number of nitrogens with one attached hydrogen (secondary N) is 1. The number of hydrogen-bond donors (Lipinski definition) is 1. The number of ether oxygens (including phenoxy) is 1. The van der Waals surface area contributed by atoms with Crippen molar-refractivity contribution in [3.8, 4) is 11.4 Å². The summed E-state index contributed by atoms with van der Waals surface area (Å²) in [6.45, 7) is 4.17. The van der Waals surface area contributed by atoms with Gasteiger partial charge in [-0.3, -0.25) is 14.6 Å². The zero-order chi connectivity index (χ0) is 30.8. The van der Waals surface area contributed by atoms with Gasteiger partial charge in [0.15, 0.2) is 0 Å². The molecule has 0 unspecified atom stereocenters. The summed E-state index contributed by atoms with van der Waals surface area (Å²) in [6, 6.07) is 26.0. The quantitative estimate of drug-likeness (QED) is 0.321. The van der Waals surface area contributed by atoms with Gasteiger partial charge in [0, 0.05) is 62.7 Å². The maximum atomic E-state index is 13.6. The molecule has 1 N–H and O–H groups in total. The molecule has 12 heteroatoms. The molecule has 0 aliphatic carbocycles. The van der Waals surface area contributed by atoms with Crippen LogP contribution in [-0.4, -0.2) is 80.8 Å². The van der Waals surface area contributed by atoms with E-state index in [0.717, 1.165) is 25.1 Å². The Hall–Kier alpha value is -4.29. The average molecular weight is 606 g/mol. The minimum absolute atomic E-state index is 0.0330. The van der Waals surface area contributed by atoms with Gasteiger partial charge in [0.2, 0.25) is 5.91 Å². The SMILES string of the molecule is COc1ccc(-n2nnnc2C(F)(F)F)cc1CN1C[C@@H]2C[C@H](NC(C)=O)CN2[C@H](C(c2ccccc2)c2ccccc2)C1. The Morgan fingerprint density at radius 2 is 1.68 bits per heavy atom. The van der Waals surface area contributed by atoms with Crippen molar-refractivity contribution in [1.82, 2.24) is 35.3 Å². The number of hydrogen-bond acceptors (Lipinski definition) is 7. The number of rotatable bonds is 8. The topological polar surface area (TPSA) is 88.4 Å². The number of fused-ring (bicyclic) bond motifs is 1. The second kappa shape index (κ2) is 12.4. The van der Waals surface area contributed by atoms with E-state index in [2.05, 4.69) is 79.2 Å². The van der Waals surface area contributed by atoms with Crippen LogP contribution in [0.2, 0.25) is 0 Å². The molecular formula is C32H34F3N7O2. The monoisotopic (exact) mass is 605 g/mol. The Morgan fingerprint density at radius 3 is 2.30 bits per heavy atom. The van der Waals surface area contributed by atoms with Crippen LogP contribution in [0.1, 0.15) is 41.8 Å². The first-order valence-electron chi connectivity index (χ1n) is 14.6. The second-order valence-electron chi connectivity index (χ2n) is 11.5. The van der Waals surface area contributed by atoms with Crippen LogP contribution in [0.4, 0.5) is 13.2 Å². The fraction of sp³-hybridized carbons (Fsp3) is 0.375. The number of aromatic nitrogens is 4. The van der Waals surface area contributed by atoms with Crippen LogP contribution in [0.5, 0.6) is 5.75 Å². The average Bonchev–Trinajstić information content (AvgIpc) is 3.66. The predicted molar refractivity (Wildman–Crippen MR) is 157 cm³/mol. The molecule has 230 valence electrons. The van der Waals surface area contributed by atoms with E-state index in [0.29, 0.717) is 23.5 Å². The van der Waals surface area contributed by atoms with Gasteiger partial charge >= 0.3 is 6.18 Å².